The molecule has 5 rings (SSSR count). The molecule has 3 N–H and O–H groups in total. The molecule has 1 aliphatic heterocycles. The van der Waals surface area contributed by atoms with Crippen LogP contribution in [0, 0.1) is 0 Å². The second-order valence-electron chi connectivity index (χ2n) is 8.91. The fourth-order valence-electron chi connectivity index (χ4n) is 3.93. The fraction of sp³-hybridized carbons (Fsp3) is 0.550. The van der Waals surface area contributed by atoms with Crippen LogP contribution in [-0.4, -0.2) is 81.9 Å². The maximum atomic E-state index is 13.2. The number of pyridine rings is 1. The van der Waals surface area contributed by atoms with E-state index in [9.17, 15) is 13.9 Å². The summed E-state index contributed by atoms with van der Waals surface area (Å²) in [6.07, 6.45) is 1.25. The van der Waals surface area contributed by atoms with Crippen molar-refractivity contribution >= 4 is 51.6 Å². The molecule has 2 fully saturated rings. The molecule has 0 amide bonds. The van der Waals surface area contributed by atoms with Crippen LogP contribution in [0.25, 0.3) is 15.9 Å². The Bertz CT molecular complexity index is 1190. The zero-order valence-electron chi connectivity index (χ0n) is 19.5. The minimum atomic E-state index is -2.67. The largest absolute Gasteiger partial charge is 0.197 e. The monoisotopic (exact) mass is 594 g/mol. The van der Waals surface area contributed by atoms with Crippen molar-refractivity contribution in [2.75, 3.05) is 31.6 Å². The number of piperazine rings is 1. The summed E-state index contributed by atoms with van der Waals surface area (Å²) >= 11 is 0.352. The average molecular weight is 594 g/mol. The van der Waals surface area contributed by atoms with E-state index in [-0.39, 0.29) is 41.2 Å². The Morgan fingerprint density at radius 3 is 2.83 bits per heavy atom. The molecule has 1 saturated carbocycles. The van der Waals surface area contributed by atoms with Crippen LogP contribution in [0.5, 0.6) is 11.6 Å². The SMILES string of the molecule is CC1CN(c2cc(OSN(C)NC3(C)CC3)cn3c(-c4nnc(C(F)F)[se]4)c(O)nc23)CCN1.S. The van der Waals surface area contributed by atoms with E-state index < -0.39 is 20.9 Å². The van der Waals surface area contributed by atoms with Gasteiger partial charge in [0.15, 0.2) is 0 Å². The summed E-state index contributed by atoms with van der Waals surface area (Å²) in [5, 5.41) is 21.7. The van der Waals surface area contributed by atoms with Crippen LogP contribution in [0.15, 0.2) is 12.3 Å². The van der Waals surface area contributed by atoms with Gasteiger partial charge in [0.1, 0.15) is 0 Å². The van der Waals surface area contributed by atoms with Crippen LogP contribution in [-0.2, 0) is 0 Å². The molecule has 4 heterocycles. The predicted octanol–water partition coefficient (Wildman–Crippen LogP) is 2.33. The molecule has 1 saturated heterocycles. The minimum absolute atomic E-state index is 0. The normalized spacial score (nSPS) is 19.4. The second kappa shape index (κ2) is 10.4. The second-order valence-corrected chi connectivity index (χ2v) is 11.9. The number of nitrogens with one attached hydrogen (secondary N) is 2. The summed E-state index contributed by atoms with van der Waals surface area (Å²) < 4.78 is 35.9. The van der Waals surface area contributed by atoms with E-state index in [0.717, 1.165) is 50.4 Å². The molecule has 1 aliphatic carbocycles. The summed E-state index contributed by atoms with van der Waals surface area (Å²) in [7, 11) is 1.89. The molecular formula is C20H28F2N8O2S2Se. The zero-order chi connectivity index (χ0) is 24.0. The van der Waals surface area contributed by atoms with Gasteiger partial charge in [0.05, 0.1) is 0 Å². The number of aromatic nitrogens is 4. The van der Waals surface area contributed by atoms with Crippen LogP contribution in [0.4, 0.5) is 14.5 Å². The molecular weight excluding hydrogens is 565 g/mol. The van der Waals surface area contributed by atoms with Gasteiger partial charge < -0.3 is 0 Å². The topological polar surface area (TPSA) is 103 Å². The molecule has 0 radical (unpaired) electrons. The maximum Gasteiger partial charge on any atom is -0.197 e. The summed E-state index contributed by atoms with van der Waals surface area (Å²) in [4.78, 5) is 6.56. The summed E-state index contributed by atoms with van der Waals surface area (Å²) in [5.74, 6) is 0.272. The van der Waals surface area contributed by atoms with Gasteiger partial charge in [-0.1, -0.05) is 0 Å². The number of aromatic hydroxyl groups is 1. The minimum Gasteiger partial charge on any atom is -0.197 e. The quantitative estimate of drug-likeness (QED) is 0.156. The molecule has 35 heavy (non-hydrogen) atoms. The number of alkyl halides is 2. The first-order valence-electron chi connectivity index (χ1n) is 10.9. The Morgan fingerprint density at radius 1 is 1.40 bits per heavy atom. The number of hydrazine groups is 1. The van der Waals surface area contributed by atoms with Crippen molar-refractivity contribution in [3.63, 3.8) is 0 Å². The fourth-order valence-corrected chi connectivity index (χ4v) is 6.03. The van der Waals surface area contributed by atoms with Gasteiger partial charge in [0.2, 0.25) is 0 Å². The molecule has 0 spiro atoms. The number of rotatable bonds is 8. The van der Waals surface area contributed by atoms with Gasteiger partial charge in [-0.25, -0.2) is 0 Å². The Labute approximate surface area is 218 Å². The molecule has 0 aromatic carbocycles. The van der Waals surface area contributed by atoms with Gasteiger partial charge in [-0.3, -0.25) is 0 Å². The van der Waals surface area contributed by atoms with Gasteiger partial charge in [-0.05, 0) is 0 Å². The Morgan fingerprint density at radius 2 is 2.17 bits per heavy atom. The third-order valence-corrected chi connectivity index (χ3v) is 8.42. The van der Waals surface area contributed by atoms with Crippen molar-refractivity contribution in [3.05, 3.63) is 16.8 Å². The van der Waals surface area contributed by atoms with E-state index in [0.29, 0.717) is 16.0 Å². The Balaban J connectivity index is 0.00000289. The number of hydrogen-bond donors (Lipinski definition) is 3. The number of nitrogens with zero attached hydrogens (tertiary/aromatic N) is 6. The summed E-state index contributed by atoms with van der Waals surface area (Å²) in [6, 6.07) is 2.17. The molecule has 3 aromatic rings. The van der Waals surface area contributed by atoms with Crippen LogP contribution >= 0.6 is 25.7 Å². The number of imidazole rings is 1. The van der Waals surface area contributed by atoms with E-state index in [1.165, 1.54) is 0 Å². The standard InChI is InChI=1S/C20H26F2N8O2SSe.H2S/c1-11-9-29(7-6-23-11)13-8-12(32-33-28(3)27-20(2)4-5-20)10-30-14(17(31)24-16(13)30)18-25-26-19(34-18)15(21)22;/h8,10-11,15,23,27,31H,4-7,9H2,1-3H3;1H2. The first kappa shape index (κ1) is 26.5. The third kappa shape index (κ3) is 5.71. The third-order valence-electron chi connectivity index (χ3n) is 5.87. The molecule has 15 heteroatoms. The van der Waals surface area contributed by atoms with Crippen molar-refractivity contribution in [1.29, 1.82) is 0 Å². The average Bonchev–Trinajstić information content (AvgIpc) is 3.18. The molecule has 1 unspecified atom stereocenters. The van der Waals surface area contributed by atoms with Gasteiger partial charge >= 0.3 is 206 Å². The van der Waals surface area contributed by atoms with E-state index in [1.807, 2.05) is 17.5 Å². The van der Waals surface area contributed by atoms with Crippen molar-refractivity contribution < 1.29 is 18.1 Å². The van der Waals surface area contributed by atoms with Crippen LogP contribution in [0.2, 0.25) is 0 Å². The number of hydrogen-bond acceptors (Lipinski definition) is 10. The molecule has 3 aromatic heterocycles. The number of fused-ring (bicyclic) bond motifs is 1. The molecule has 192 valence electrons. The van der Waals surface area contributed by atoms with Crippen molar-refractivity contribution in [3.8, 4) is 21.9 Å². The Kier molecular flexibility index (Phi) is 7.86. The summed E-state index contributed by atoms with van der Waals surface area (Å²) in [5.41, 5.74) is 5.06. The van der Waals surface area contributed by atoms with Gasteiger partial charge in [0, 0.05) is 0 Å². The smallest absolute Gasteiger partial charge is 0.197 e. The van der Waals surface area contributed by atoms with Gasteiger partial charge in [0.25, 0.3) is 0 Å². The van der Waals surface area contributed by atoms with Crippen LogP contribution in [0.1, 0.15) is 37.7 Å². The van der Waals surface area contributed by atoms with E-state index >= 15 is 0 Å². The van der Waals surface area contributed by atoms with E-state index in [4.69, 9.17) is 4.18 Å². The molecule has 10 nitrogen and oxygen atoms in total. The van der Waals surface area contributed by atoms with Crippen molar-refractivity contribution in [1.82, 2.24) is 34.7 Å². The zero-order valence-corrected chi connectivity index (χ0v) is 23.0. The van der Waals surface area contributed by atoms with Crippen molar-refractivity contribution in [2.45, 2.75) is 44.7 Å². The van der Waals surface area contributed by atoms with Gasteiger partial charge in [-0.2, -0.15) is 13.5 Å². The predicted molar refractivity (Wildman–Crippen MR) is 137 cm³/mol. The molecule has 2 aliphatic rings. The van der Waals surface area contributed by atoms with Crippen LogP contribution in [0.3, 0.4) is 0 Å². The van der Waals surface area contributed by atoms with Crippen LogP contribution < -0.4 is 19.8 Å². The van der Waals surface area contributed by atoms with E-state index in [2.05, 4.69) is 44.7 Å². The first-order chi connectivity index (χ1) is 16.2. The van der Waals surface area contributed by atoms with Crippen molar-refractivity contribution in [2.24, 2.45) is 0 Å². The maximum absolute atomic E-state index is 13.2. The van der Waals surface area contributed by atoms with Gasteiger partial charge in [-0.15, -0.1) is 0 Å². The molecule has 1 atom stereocenters. The first-order valence-corrected chi connectivity index (χ1v) is 13.3. The number of halogens is 2. The molecule has 0 bridgehead atoms. The summed E-state index contributed by atoms with van der Waals surface area (Å²) in [6.45, 7) is 6.56. The van der Waals surface area contributed by atoms with E-state index in [1.54, 1.807) is 10.6 Å². The number of anilines is 1. The Hall–Kier alpha value is -1.61.